The molecule has 0 aliphatic carbocycles. The predicted octanol–water partition coefficient (Wildman–Crippen LogP) is 2.26. The first kappa shape index (κ1) is 19.9. The highest BCUT2D eigenvalue weighted by Crippen LogP contribution is 2.17. The molecule has 1 fully saturated rings. The molecule has 0 spiro atoms. The number of piperidine rings is 1. The number of rotatable bonds is 10. The number of hydrogen-bond acceptors (Lipinski definition) is 3. The summed E-state index contributed by atoms with van der Waals surface area (Å²) in [7, 11) is 1.96. The van der Waals surface area contributed by atoms with Crippen LogP contribution in [-0.2, 0) is 9.59 Å². The molecule has 0 radical (unpaired) electrons. The summed E-state index contributed by atoms with van der Waals surface area (Å²) in [6.07, 6.45) is 5.96. The maximum atomic E-state index is 12.3. The van der Waals surface area contributed by atoms with Crippen LogP contribution in [0.3, 0.4) is 0 Å². The van der Waals surface area contributed by atoms with Gasteiger partial charge in [0.15, 0.2) is 0 Å². The topological polar surface area (TPSA) is 52.7 Å². The van der Waals surface area contributed by atoms with Crippen LogP contribution in [-0.4, -0.2) is 61.4 Å². The number of hydrogen-bond donors (Lipinski definition) is 1. The van der Waals surface area contributed by atoms with Crippen molar-refractivity contribution in [2.75, 3.05) is 39.8 Å². The van der Waals surface area contributed by atoms with Crippen molar-refractivity contribution in [3.8, 4) is 0 Å². The summed E-state index contributed by atoms with van der Waals surface area (Å²) in [5, 5.41) is 3.20. The third-order valence-corrected chi connectivity index (χ3v) is 4.49. The van der Waals surface area contributed by atoms with E-state index in [1.54, 1.807) is 0 Å². The Balaban J connectivity index is 2.30. The summed E-state index contributed by atoms with van der Waals surface area (Å²) in [6, 6.07) is 0. The Morgan fingerprint density at radius 3 is 2.48 bits per heavy atom. The summed E-state index contributed by atoms with van der Waals surface area (Å²) >= 11 is 0. The third-order valence-electron chi connectivity index (χ3n) is 4.49. The van der Waals surface area contributed by atoms with Crippen LogP contribution in [0, 0.1) is 5.92 Å². The molecular formula is C18H35N3O2. The summed E-state index contributed by atoms with van der Waals surface area (Å²) in [4.78, 5) is 28.5. The van der Waals surface area contributed by atoms with Gasteiger partial charge in [0, 0.05) is 39.0 Å². The number of carbonyl (C=O) groups is 2. The van der Waals surface area contributed by atoms with E-state index in [0.717, 1.165) is 52.0 Å². The molecular weight excluding hydrogens is 290 g/mol. The number of nitrogens with zero attached hydrogens (tertiary/aromatic N) is 2. The van der Waals surface area contributed by atoms with Gasteiger partial charge >= 0.3 is 0 Å². The molecule has 0 aromatic heterocycles. The second kappa shape index (κ2) is 11.4. The van der Waals surface area contributed by atoms with Crippen molar-refractivity contribution < 1.29 is 9.59 Å². The molecule has 0 aromatic rings. The Morgan fingerprint density at radius 2 is 1.87 bits per heavy atom. The zero-order valence-corrected chi connectivity index (χ0v) is 15.3. The van der Waals surface area contributed by atoms with Gasteiger partial charge in [0.05, 0.1) is 0 Å². The molecule has 1 N–H and O–H groups in total. The molecule has 2 amide bonds. The molecule has 1 unspecified atom stereocenters. The highest BCUT2D eigenvalue weighted by molar-refractivity contribution is 5.79. The van der Waals surface area contributed by atoms with E-state index in [9.17, 15) is 9.59 Å². The Morgan fingerprint density at radius 1 is 1.17 bits per heavy atom. The molecule has 1 rings (SSSR count). The second-order valence-corrected chi connectivity index (χ2v) is 6.64. The van der Waals surface area contributed by atoms with Crippen molar-refractivity contribution in [1.29, 1.82) is 0 Å². The molecule has 134 valence electrons. The quantitative estimate of drug-likeness (QED) is 0.670. The van der Waals surface area contributed by atoms with Crippen molar-refractivity contribution in [1.82, 2.24) is 15.1 Å². The van der Waals surface area contributed by atoms with Crippen molar-refractivity contribution in [3.05, 3.63) is 0 Å². The minimum Gasteiger partial charge on any atom is -0.343 e. The van der Waals surface area contributed by atoms with Gasteiger partial charge in [-0.3, -0.25) is 9.59 Å². The van der Waals surface area contributed by atoms with E-state index in [1.165, 1.54) is 6.42 Å². The lowest BCUT2D eigenvalue weighted by Gasteiger charge is -2.33. The first-order valence-corrected chi connectivity index (χ1v) is 9.32. The SMILES string of the molecule is CCCN(CCC)C(=O)CCCC(=O)N1CCCC(CNC)C1. The number of likely N-dealkylation sites (tertiary alicyclic amines) is 1. The number of nitrogens with one attached hydrogen (secondary N) is 1. The zero-order valence-electron chi connectivity index (χ0n) is 15.3. The van der Waals surface area contributed by atoms with Crippen LogP contribution in [0.25, 0.3) is 0 Å². The monoisotopic (exact) mass is 325 g/mol. The standard InChI is InChI=1S/C18H35N3O2/c1-4-11-20(12-5-2)17(22)9-6-10-18(23)21-13-7-8-16(15-21)14-19-3/h16,19H,4-15H2,1-3H3. The van der Waals surface area contributed by atoms with Crippen molar-refractivity contribution in [2.24, 2.45) is 5.92 Å². The average molecular weight is 325 g/mol. The normalized spacial score (nSPS) is 18.0. The van der Waals surface area contributed by atoms with Crippen LogP contribution >= 0.6 is 0 Å². The Hall–Kier alpha value is -1.10. The van der Waals surface area contributed by atoms with Crippen LogP contribution in [0.15, 0.2) is 0 Å². The lowest BCUT2D eigenvalue weighted by atomic mass is 9.97. The summed E-state index contributed by atoms with van der Waals surface area (Å²) in [5.74, 6) is 0.994. The van der Waals surface area contributed by atoms with Gasteiger partial charge in [0.1, 0.15) is 0 Å². The molecule has 1 heterocycles. The lowest BCUT2D eigenvalue weighted by Crippen LogP contribution is -2.42. The first-order chi connectivity index (χ1) is 11.1. The van der Waals surface area contributed by atoms with Crippen LogP contribution in [0.1, 0.15) is 58.8 Å². The largest absolute Gasteiger partial charge is 0.343 e. The third kappa shape index (κ3) is 7.34. The van der Waals surface area contributed by atoms with E-state index < -0.39 is 0 Å². The number of amides is 2. The first-order valence-electron chi connectivity index (χ1n) is 9.32. The van der Waals surface area contributed by atoms with Gasteiger partial charge in [-0.05, 0) is 51.6 Å². The van der Waals surface area contributed by atoms with Crippen molar-refractivity contribution in [2.45, 2.75) is 58.8 Å². The van der Waals surface area contributed by atoms with Gasteiger partial charge < -0.3 is 15.1 Å². The molecule has 0 saturated carbocycles. The van der Waals surface area contributed by atoms with Gasteiger partial charge in [-0.1, -0.05) is 13.8 Å². The maximum Gasteiger partial charge on any atom is 0.222 e. The van der Waals surface area contributed by atoms with Gasteiger partial charge in [-0.25, -0.2) is 0 Å². The maximum absolute atomic E-state index is 12.3. The highest BCUT2D eigenvalue weighted by Gasteiger charge is 2.23. The predicted molar refractivity (Wildman–Crippen MR) is 94.2 cm³/mol. The van der Waals surface area contributed by atoms with Crippen LogP contribution in [0.5, 0.6) is 0 Å². The lowest BCUT2D eigenvalue weighted by molar-refractivity contribution is -0.134. The van der Waals surface area contributed by atoms with Gasteiger partial charge in [-0.2, -0.15) is 0 Å². The molecule has 23 heavy (non-hydrogen) atoms. The molecule has 1 saturated heterocycles. The highest BCUT2D eigenvalue weighted by atomic mass is 16.2. The minimum absolute atomic E-state index is 0.202. The van der Waals surface area contributed by atoms with Crippen molar-refractivity contribution >= 4 is 11.8 Å². The van der Waals surface area contributed by atoms with E-state index in [2.05, 4.69) is 19.2 Å². The number of carbonyl (C=O) groups excluding carboxylic acids is 2. The smallest absolute Gasteiger partial charge is 0.222 e. The molecule has 0 bridgehead atoms. The molecule has 1 aliphatic rings. The zero-order chi connectivity index (χ0) is 17.1. The average Bonchev–Trinajstić information content (AvgIpc) is 2.55. The molecule has 1 aliphatic heterocycles. The molecule has 5 nitrogen and oxygen atoms in total. The fourth-order valence-electron chi connectivity index (χ4n) is 3.35. The van der Waals surface area contributed by atoms with E-state index in [1.807, 2.05) is 16.8 Å². The van der Waals surface area contributed by atoms with E-state index in [4.69, 9.17) is 0 Å². The Labute approximate surface area is 141 Å². The molecule has 1 atom stereocenters. The van der Waals surface area contributed by atoms with Gasteiger partial charge in [0.25, 0.3) is 0 Å². The van der Waals surface area contributed by atoms with E-state index in [0.29, 0.717) is 25.2 Å². The van der Waals surface area contributed by atoms with E-state index >= 15 is 0 Å². The minimum atomic E-state index is 0.202. The Bertz CT molecular complexity index is 352. The van der Waals surface area contributed by atoms with E-state index in [-0.39, 0.29) is 11.8 Å². The second-order valence-electron chi connectivity index (χ2n) is 6.64. The van der Waals surface area contributed by atoms with Crippen LogP contribution < -0.4 is 5.32 Å². The van der Waals surface area contributed by atoms with Crippen LogP contribution in [0.4, 0.5) is 0 Å². The Kier molecular flexibility index (Phi) is 9.92. The molecule has 5 heteroatoms. The van der Waals surface area contributed by atoms with Crippen molar-refractivity contribution in [3.63, 3.8) is 0 Å². The van der Waals surface area contributed by atoms with Crippen LogP contribution in [0.2, 0.25) is 0 Å². The van der Waals surface area contributed by atoms with Gasteiger partial charge in [-0.15, -0.1) is 0 Å². The molecule has 0 aromatic carbocycles. The summed E-state index contributed by atoms with van der Waals surface area (Å²) in [5.41, 5.74) is 0. The van der Waals surface area contributed by atoms with Gasteiger partial charge in [0.2, 0.25) is 11.8 Å². The fraction of sp³-hybridized carbons (Fsp3) is 0.889. The summed E-state index contributed by atoms with van der Waals surface area (Å²) < 4.78 is 0. The summed E-state index contributed by atoms with van der Waals surface area (Å²) in [6.45, 7) is 8.58. The fourth-order valence-corrected chi connectivity index (χ4v) is 3.35.